The van der Waals surface area contributed by atoms with Crippen molar-refractivity contribution in [2.75, 3.05) is 23.3 Å². The van der Waals surface area contributed by atoms with E-state index in [0.717, 1.165) is 53.7 Å². The van der Waals surface area contributed by atoms with Gasteiger partial charge in [-0.05, 0) is 54.8 Å². The van der Waals surface area contributed by atoms with E-state index in [-0.39, 0.29) is 11.8 Å². The van der Waals surface area contributed by atoms with E-state index in [0.29, 0.717) is 0 Å². The van der Waals surface area contributed by atoms with Gasteiger partial charge in [-0.15, -0.1) is 0 Å². The minimum Gasteiger partial charge on any atom is -0.464 e. The number of amides is 1. The second-order valence-corrected chi connectivity index (χ2v) is 7.46. The molecule has 2 aromatic carbocycles. The number of furan rings is 1. The first-order chi connectivity index (χ1) is 14.3. The van der Waals surface area contributed by atoms with Crippen LogP contribution >= 0.6 is 0 Å². The monoisotopic (exact) mass is 386 g/mol. The van der Waals surface area contributed by atoms with Gasteiger partial charge in [-0.1, -0.05) is 12.1 Å². The van der Waals surface area contributed by atoms with Gasteiger partial charge in [0.05, 0.1) is 12.5 Å². The van der Waals surface area contributed by atoms with Gasteiger partial charge in [-0.3, -0.25) is 9.89 Å². The highest BCUT2D eigenvalue weighted by molar-refractivity contribution is 5.95. The quantitative estimate of drug-likeness (QED) is 0.534. The van der Waals surface area contributed by atoms with Gasteiger partial charge in [0.25, 0.3) is 0 Å². The number of H-pyrrole nitrogens is 1. The summed E-state index contributed by atoms with van der Waals surface area (Å²) >= 11 is 0. The molecule has 0 atom stereocenters. The molecule has 2 aromatic heterocycles. The lowest BCUT2D eigenvalue weighted by atomic mass is 9.95. The molecule has 0 bridgehead atoms. The maximum atomic E-state index is 12.7. The van der Waals surface area contributed by atoms with Gasteiger partial charge in [0, 0.05) is 47.5 Å². The van der Waals surface area contributed by atoms with Gasteiger partial charge in [-0.25, -0.2) is 0 Å². The average molecular weight is 386 g/mol. The van der Waals surface area contributed by atoms with E-state index in [1.54, 1.807) is 6.26 Å². The lowest BCUT2D eigenvalue weighted by molar-refractivity contribution is -0.120. The number of nitrogens with one attached hydrogen (secondary N) is 2. The Hall–Kier alpha value is -3.54. The summed E-state index contributed by atoms with van der Waals surface area (Å²) < 4.78 is 5.35. The minimum atomic E-state index is 0.0384. The van der Waals surface area contributed by atoms with Crippen LogP contribution in [0.15, 0.2) is 71.6 Å². The minimum absolute atomic E-state index is 0.0384. The van der Waals surface area contributed by atoms with Crippen molar-refractivity contribution in [2.24, 2.45) is 5.92 Å². The molecule has 29 heavy (non-hydrogen) atoms. The van der Waals surface area contributed by atoms with E-state index in [4.69, 9.17) is 4.42 Å². The van der Waals surface area contributed by atoms with Crippen LogP contribution in [0.1, 0.15) is 12.8 Å². The molecular weight excluding hydrogens is 364 g/mol. The topological polar surface area (TPSA) is 74.2 Å². The third kappa shape index (κ3) is 3.61. The van der Waals surface area contributed by atoms with Gasteiger partial charge in [0.2, 0.25) is 5.91 Å². The molecule has 6 heteroatoms. The average Bonchev–Trinajstić information content (AvgIpc) is 3.46. The van der Waals surface area contributed by atoms with E-state index >= 15 is 0 Å². The van der Waals surface area contributed by atoms with Crippen LogP contribution in [0.2, 0.25) is 0 Å². The van der Waals surface area contributed by atoms with Crippen molar-refractivity contribution in [3.05, 3.63) is 67.2 Å². The Morgan fingerprint density at radius 1 is 1.07 bits per heavy atom. The van der Waals surface area contributed by atoms with Crippen LogP contribution < -0.4 is 10.2 Å². The van der Waals surface area contributed by atoms with Gasteiger partial charge in [-0.2, -0.15) is 5.10 Å². The predicted molar refractivity (Wildman–Crippen MR) is 114 cm³/mol. The fourth-order valence-corrected chi connectivity index (χ4v) is 3.96. The molecular formula is C23H22N4O2. The Labute approximate surface area is 168 Å². The van der Waals surface area contributed by atoms with Crippen LogP contribution in [0.3, 0.4) is 0 Å². The SMILES string of the molecule is O=C(Nc1ccc2occc2c1)C1CCN(c2ccc(-c3cn[nH]c3)cc2)CC1. The molecule has 146 valence electrons. The second-order valence-electron chi connectivity index (χ2n) is 7.46. The lowest BCUT2D eigenvalue weighted by Gasteiger charge is -2.33. The molecule has 0 radical (unpaired) electrons. The number of aromatic nitrogens is 2. The van der Waals surface area contributed by atoms with Gasteiger partial charge in [0.1, 0.15) is 5.58 Å². The highest BCUT2D eigenvalue weighted by Crippen LogP contribution is 2.27. The first-order valence-electron chi connectivity index (χ1n) is 9.88. The fraction of sp³-hybridized carbons (Fsp3) is 0.217. The number of piperidine rings is 1. The fourth-order valence-electron chi connectivity index (χ4n) is 3.96. The highest BCUT2D eigenvalue weighted by Gasteiger charge is 2.25. The molecule has 1 fully saturated rings. The van der Waals surface area contributed by atoms with Gasteiger partial charge < -0.3 is 14.6 Å². The third-order valence-corrected chi connectivity index (χ3v) is 5.65. The Morgan fingerprint density at radius 3 is 2.66 bits per heavy atom. The summed E-state index contributed by atoms with van der Waals surface area (Å²) in [4.78, 5) is 15.0. The number of fused-ring (bicyclic) bond motifs is 1. The predicted octanol–water partition coefficient (Wildman–Crippen LogP) is 4.68. The lowest BCUT2D eigenvalue weighted by Crippen LogP contribution is -2.38. The first-order valence-corrected chi connectivity index (χ1v) is 9.88. The zero-order valence-electron chi connectivity index (χ0n) is 16.0. The number of hydrogen-bond acceptors (Lipinski definition) is 4. The molecule has 1 saturated heterocycles. The molecule has 2 N–H and O–H groups in total. The summed E-state index contributed by atoms with van der Waals surface area (Å²) in [6.07, 6.45) is 7.08. The smallest absolute Gasteiger partial charge is 0.227 e. The summed E-state index contributed by atoms with van der Waals surface area (Å²) in [7, 11) is 0. The number of rotatable bonds is 4. The molecule has 5 rings (SSSR count). The van der Waals surface area contributed by atoms with Crippen molar-refractivity contribution in [1.29, 1.82) is 0 Å². The second kappa shape index (κ2) is 7.47. The number of anilines is 2. The van der Waals surface area contributed by atoms with Crippen LogP contribution in [-0.4, -0.2) is 29.2 Å². The number of carbonyl (C=O) groups is 1. The van der Waals surface area contributed by atoms with Crippen LogP contribution in [0, 0.1) is 5.92 Å². The molecule has 0 spiro atoms. The molecule has 3 heterocycles. The van der Waals surface area contributed by atoms with Crippen molar-refractivity contribution in [1.82, 2.24) is 10.2 Å². The van der Waals surface area contributed by atoms with Gasteiger partial charge in [0.15, 0.2) is 0 Å². The first kappa shape index (κ1) is 17.6. The zero-order chi connectivity index (χ0) is 19.6. The summed E-state index contributed by atoms with van der Waals surface area (Å²) in [5.74, 6) is 0.138. The molecule has 1 amide bonds. The Bertz CT molecular complexity index is 1110. The molecule has 0 saturated carbocycles. The number of nitrogens with zero attached hydrogens (tertiary/aromatic N) is 2. The van der Waals surface area contributed by atoms with Crippen molar-refractivity contribution in [2.45, 2.75) is 12.8 Å². The maximum absolute atomic E-state index is 12.7. The van der Waals surface area contributed by atoms with Crippen LogP contribution in [0.5, 0.6) is 0 Å². The molecule has 1 aliphatic heterocycles. The summed E-state index contributed by atoms with van der Waals surface area (Å²) in [5, 5.41) is 10.9. The van der Waals surface area contributed by atoms with Crippen molar-refractivity contribution in [3.63, 3.8) is 0 Å². The van der Waals surface area contributed by atoms with E-state index in [1.807, 2.05) is 36.7 Å². The Kier molecular flexibility index (Phi) is 4.52. The van der Waals surface area contributed by atoms with Crippen molar-refractivity contribution < 1.29 is 9.21 Å². The molecule has 4 aromatic rings. The van der Waals surface area contributed by atoms with Gasteiger partial charge >= 0.3 is 0 Å². The van der Waals surface area contributed by atoms with E-state index in [1.165, 1.54) is 5.69 Å². The Balaban J connectivity index is 1.19. The Morgan fingerprint density at radius 2 is 1.90 bits per heavy atom. The summed E-state index contributed by atoms with van der Waals surface area (Å²) in [6.45, 7) is 1.76. The largest absolute Gasteiger partial charge is 0.464 e. The molecule has 1 aliphatic rings. The van der Waals surface area contributed by atoms with Crippen molar-refractivity contribution >= 4 is 28.3 Å². The molecule has 0 aliphatic carbocycles. The van der Waals surface area contributed by atoms with Crippen molar-refractivity contribution in [3.8, 4) is 11.1 Å². The number of carbonyl (C=O) groups excluding carboxylic acids is 1. The van der Waals surface area contributed by atoms with Crippen LogP contribution in [-0.2, 0) is 4.79 Å². The number of hydrogen-bond donors (Lipinski definition) is 2. The maximum Gasteiger partial charge on any atom is 0.227 e. The highest BCUT2D eigenvalue weighted by atomic mass is 16.3. The van der Waals surface area contributed by atoms with E-state index in [9.17, 15) is 4.79 Å². The summed E-state index contributed by atoms with van der Waals surface area (Å²) in [6, 6.07) is 16.2. The van der Waals surface area contributed by atoms with E-state index in [2.05, 4.69) is 44.7 Å². The summed E-state index contributed by atoms with van der Waals surface area (Å²) in [5.41, 5.74) is 5.07. The standard InChI is InChI=1S/C23H22N4O2/c28-23(26-20-3-6-22-18(13-20)9-12-29-22)17-7-10-27(11-8-17)21-4-1-16(2-5-21)19-14-24-25-15-19/h1-6,9,12-15,17H,7-8,10-11H2,(H,24,25)(H,26,28). The normalized spacial score (nSPS) is 15.0. The zero-order valence-corrected chi connectivity index (χ0v) is 16.0. The number of aromatic amines is 1. The molecule has 6 nitrogen and oxygen atoms in total. The van der Waals surface area contributed by atoms with Crippen LogP contribution in [0.25, 0.3) is 22.1 Å². The van der Waals surface area contributed by atoms with E-state index < -0.39 is 0 Å². The third-order valence-electron chi connectivity index (χ3n) is 5.65. The molecule has 0 unspecified atom stereocenters. The van der Waals surface area contributed by atoms with Crippen LogP contribution in [0.4, 0.5) is 11.4 Å². The number of benzene rings is 2.